The molecule has 1 saturated carbocycles. The highest BCUT2D eigenvalue weighted by molar-refractivity contribution is 5.78. The van der Waals surface area contributed by atoms with E-state index in [1.807, 2.05) is 24.4 Å². The maximum absolute atomic E-state index is 4.62. The highest BCUT2D eigenvalue weighted by Gasteiger charge is 2.34. The van der Waals surface area contributed by atoms with Crippen LogP contribution in [0.4, 0.5) is 5.95 Å². The third kappa shape index (κ3) is 3.34. The minimum atomic E-state index is 0.448. The average Bonchev–Trinajstić information content (AvgIpc) is 2.93. The number of hydrogen-bond acceptors (Lipinski definition) is 3. The van der Waals surface area contributed by atoms with E-state index in [0.29, 0.717) is 5.41 Å². The summed E-state index contributed by atoms with van der Waals surface area (Å²) >= 11 is 0. The van der Waals surface area contributed by atoms with Gasteiger partial charge >= 0.3 is 0 Å². The van der Waals surface area contributed by atoms with Gasteiger partial charge in [-0.25, -0.2) is 9.97 Å². The smallest absolute Gasteiger partial charge is 0.223 e. The van der Waals surface area contributed by atoms with E-state index in [9.17, 15) is 0 Å². The van der Waals surface area contributed by atoms with Gasteiger partial charge in [0.2, 0.25) is 5.95 Å². The fraction of sp³-hybridized carbons (Fsp3) is 0.556. The fourth-order valence-corrected chi connectivity index (χ4v) is 3.77. The number of nitrogens with one attached hydrogen (secondary N) is 1. The Morgan fingerprint density at radius 1 is 1.19 bits per heavy atom. The predicted octanol–water partition coefficient (Wildman–Crippen LogP) is 4.65. The molecule has 112 valence electrons. The summed E-state index contributed by atoms with van der Waals surface area (Å²) in [5.74, 6) is 1.52. The van der Waals surface area contributed by atoms with Gasteiger partial charge in [-0.3, -0.25) is 0 Å². The Hall–Kier alpha value is -1.64. The lowest BCUT2D eigenvalue weighted by molar-refractivity contribution is 0.252. The second-order valence-electron chi connectivity index (χ2n) is 6.91. The Balaban J connectivity index is 1.72. The van der Waals surface area contributed by atoms with Crippen LogP contribution in [0.25, 0.3) is 10.9 Å². The van der Waals surface area contributed by atoms with Crippen molar-refractivity contribution >= 4 is 16.9 Å². The van der Waals surface area contributed by atoms with E-state index >= 15 is 0 Å². The lowest BCUT2D eigenvalue weighted by Crippen LogP contribution is -2.29. The Kier molecular flexibility index (Phi) is 4.09. The minimum Gasteiger partial charge on any atom is -0.354 e. The molecule has 1 heterocycles. The van der Waals surface area contributed by atoms with Crippen molar-refractivity contribution in [3.8, 4) is 0 Å². The molecule has 1 N–H and O–H groups in total. The van der Waals surface area contributed by atoms with Crippen LogP contribution in [0, 0.1) is 11.3 Å². The van der Waals surface area contributed by atoms with Crippen molar-refractivity contribution in [2.45, 2.75) is 46.0 Å². The first-order chi connectivity index (χ1) is 10.2. The van der Waals surface area contributed by atoms with Crippen LogP contribution in [0.15, 0.2) is 30.5 Å². The highest BCUT2D eigenvalue weighted by atomic mass is 15.1. The normalized spacial score (nSPS) is 17.5. The molecule has 0 aliphatic heterocycles. The average molecular weight is 283 g/mol. The summed E-state index contributed by atoms with van der Waals surface area (Å²) in [6.07, 6.45) is 8.62. The predicted molar refractivity (Wildman–Crippen MR) is 88.4 cm³/mol. The van der Waals surface area contributed by atoms with Gasteiger partial charge in [0.15, 0.2) is 0 Å². The van der Waals surface area contributed by atoms with Gasteiger partial charge in [-0.1, -0.05) is 44.9 Å². The van der Waals surface area contributed by atoms with E-state index in [-0.39, 0.29) is 0 Å². The molecule has 0 saturated heterocycles. The standard InChI is InChI=1S/C18H25N3/c1-14(2)11-18(9-5-6-10-18)13-20-17-19-12-15-7-3-4-8-16(15)21-17/h3-4,7-8,12,14H,5-6,9-11,13H2,1-2H3,(H,19,20,21). The van der Waals surface area contributed by atoms with Crippen LogP contribution in [0.3, 0.4) is 0 Å². The zero-order valence-electron chi connectivity index (χ0n) is 13.1. The number of rotatable bonds is 5. The zero-order chi connectivity index (χ0) is 14.7. The Bertz CT molecular complexity index is 600. The molecule has 21 heavy (non-hydrogen) atoms. The van der Waals surface area contributed by atoms with Crippen LogP contribution in [-0.2, 0) is 0 Å². The Morgan fingerprint density at radius 3 is 2.71 bits per heavy atom. The first-order valence-corrected chi connectivity index (χ1v) is 8.13. The molecule has 3 nitrogen and oxygen atoms in total. The molecule has 0 bridgehead atoms. The summed E-state index contributed by atoms with van der Waals surface area (Å²) in [6.45, 7) is 5.66. The maximum Gasteiger partial charge on any atom is 0.223 e. The topological polar surface area (TPSA) is 37.8 Å². The van der Waals surface area contributed by atoms with Gasteiger partial charge in [-0.15, -0.1) is 0 Å². The SMILES string of the molecule is CC(C)CC1(CNc2ncc3ccccc3n2)CCCC1. The van der Waals surface area contributed by atoms with Crippen molar-refractivity contribution < 1.29 is 0 Å². The third-order valence-corrected chi connectivity index (χ3v) is 4.62. The van der Waals surface area contributed by atoms with Gasteiger partial charge in [0.05, 0.1) is 5.52 Å². The third-order valence-electron chi connectivity index (χ3n) is 4.62. The van der Waals surface area contributed by atoms with Gasteiger partial charge in [0.25, 0.3) is 0 Å². The second-order valence-corrected chi connectivity index (χ2v) is 6.91. The number of hydrogen-bond donors (Lipinski definition) is 1. The maximum atomic E-state index is 4.62. The van der Waals surface area contributed by atoms with Crippen molar-refractivity contribution in [3.63, 3.8) is 0 Å². The van der Waals surface area contributed by atoms with Gasteiger partial charge < -0.3 is 5.32 Å². The molecule has 1 aromatic carbocycles. The molecule has 1 aromatic heterocycles. The second kappa shape index (κ2) is 6.00. The van der Waals surface area contributed by atoms with Gasteiger partial charge in [0.1, 0.15) is 0 Å². The van der Waals surface area contributed by atoms with E-state index in [1.54, 1.807) is 0 Å². The summed E-state index contributed by atoms with van der Waals surface area (Å²) < 4.78 is 0. The van der Waals surface area contributed by atoms with Crippen LogP contribution in [-0.4, -0.2) is 16.5 Å². The molecule has 3 rings (SSSR count). The number of fused-ring (bicyclic) bond motifs is 1. The molecule has 0 spiro atoms. The number of aromatic nitrogens is 2. The summed E-state index contributed by atoms with van der Waals surface area (Å²) in [7, 11) is 0. The summed E-state index contributed by atoms with van der Waals surface area (Å²) in [5.41, 5.74) is 1.46. The Morgan fingerprint density at radius 2 is 1.95 bits per heavy atom. The van der Waals surface area contributed by atoms with Crippen molar-refractivity contribution in [2.75, 3.05) is 11.9 Å². The lowest BCUT2D eigenvalue weighted by Gasteiger charge is -2.31. The van der Waals surface area contributed by atoms with E-state index in [1.165, 1.54) is 32.1 Å². The summed E-state index contributed by atoms with van der Waals surface area (Å²) in [4.78, 5) is 9.08. The van der Waals surface area contributed by atoms with Gasteiger partial charge in [-0.05, 0) is 36.7 Å². The Labute approximate surface area is 127 Å². The molecule has 1 fully saturated rings. The summed E-state index contributed by atoms with van der Waals surface area (Å²) in [6, 6.07) is 8.14. The number of anilines is 1. The molecular formula is C18H25N3. The van der Waals surface area contributed by atoms with E-state index < -0.39 is 0 Å². The monoisotopic (exact) mass is 283 g/mol. The summed E-state index contributed by atoms with van der Waals surface area (Å²) in [5, 5.41) is 4.60. The molecule has 0 radical (unpaired) electrons. The zero-order valence-corrected chi connectivity index (χ0v) is 13.1. The van der Waals surface area contributed by atoms with Crippen molar-refractivity contribution in [2.24, 2.45) is 11.3 Å². The van der Waals surface area contributed by atoms with E-state index in [4.69, 9.17) is 0 Å². The molecule has 0 amide bonds. The van der Waals surface area contributed by atoms with Crippen molar-refractivity contribution in [1.82, 2.24) is 9.97 Å². The molecular weight excluding hydrogens is 258 g/mol. The molecule has 0 atom stereocenters. The number of benzene rings is 1. The van der Waals surface area contributed by atoms with E-state index in [2.05, 4.69) is 35.2 Å². The largest absolute Gasteiger partial charge is 0.354 e. The van der Waals surface area contributed by atoms with Crippen LogP contribution in [0.5, 0.6) is 0 Å². The van der Waals surface area contributed by atoms with Crippen molar-refractivity contribution in [1.29, 1.82) is 0 Å². The molecule has 2 aromatic rings. The van der Waals surface area contributed by atoms with Crippen LogP contribution in [0.1, 0.15) is 46.0 Å². The minimum absolute atomic E-state index is 0.448. The van der Waals surface area contributed by atoms with Crippen molar-refractivity contribution in [3.05, 3.63) is 30.5 Å². The van der Waals surface area contributed by atoms with Gasteiger partial charge in [0, 0.05) is 18.1 Å². The first kappa shape index (κ1) is 14.3. The van der Waals surface area contributed by atoms with Crippen LogP contribution in [0.2, 0.25) is 0 Å². The number of nitrogens with zero attached hydrogens (tertiary/aromatic N) is 2. The van der Waals surface area contributed by atoms with E-state index in [0.717, 1.165) is 29.3 Å². The van der Waals surface area contributed by atoms with Gasteiger partial charge in [-0.2, -0.15) is 0 Å². The quantitative estimate of drug-likeness (QED) is 0.868. The molecule has 0 unspecified atom stereocenters. The highest BCUT2D eigenvalue weighted by Crippen LogP contribution is 2.43. The van der Waals surface area contributed by atoms with Crippen LogP contribution >= 0.6 is 0 Å². The number of para-hydroxylation sites is 1. The molecule has 1 aliphatic rings. The molecule has 1 aliphatic carbocycles. The fourth-order valence-electron chi connectivity index (χ4n) is 3.77. The first-order valence-electron chi connectivity index (χ1n) is 8.13. The van der Waals surface area contributed by atoms with Crippen LogP contribution < -0.4 is 5.32 Å². The molecule has 3 heteroatoms. The lowest BCUT2D eigenvalue weighted by atomic mass is 9.78.